The number of rotatable bonds is 7. The maximum Gasteiger partial charge on any atom is 0.226 e. The molecule has 0 bridgehead atoms. The minimum absolute atomic E-state index is 0.0412. The summed E-state index contributed by atoms with van der Waals surface area (Å²) in [7, 11) is 1.78. The third-order valence-corrected chi connectivity index (χ3v) is 4.08. The second kappa shape index (κ2) is 7.38. The van der Waals surface area contributed by atoms with Gasteiger partial charge in [-0.25, -0.2) is 4.39 Å². The lowest BCUT2D eigenvalue weighted by molar-refractivity contribution is -0.133. The highest BCUT2D eigenvalue weighted by Crippen LogP contribution is 2.40. The molecular formula is C17H23FN2O2. The molecule has 1 aromatic carbocycles. The Morgan fingerprint density at radius 2 is 2.05 bits per heavy atom. The first-order valence-corrected chi connectivity index (χ1v) is 7.80. The van der Waals surface area contributed by atoms with E-state index in [1.54, 1.807) is 30.1 Å². The van der Waals surface area contributed by atoms with E-state index in [1.807, 2.05) is 0 Å². The Bertz CT molecular complexity index is 547. The summed E-state index contributed by atoms with van der Waals surface area (Å²) in [5, 5.41) is 2.72. The van der Waals surface area contributed by atoms with Gasteiger partial charge in [0.15, 0.2) is 0 Å². The summed E-state index contributed by atoms with van der Waals surface area (Å²) in [6.07, 6.45) is 2.60. The first kappa shape index (κ1) is 16.5. The third-order valence-electron chi connectivity index (χ3n) is 4.08. The zero-order valence-electron chi connectivity index (χ0n) is 13.1. The number of hydrogen-bond acceptors (Lipinski definition) is 2. The van der Waals surface area contributed by atoms with Crippen LogP contribution in [0, 0.1) is 17.7 Å². The quantitative estimate of drug-likeness (QED) is 0.840. The molecule has 0 radical (unpaired) electrons. The number of amides is 2. The van der Waals surface area contributed by atoms with E-state index in [0.717, 1.165) is 19.4 Å². The Kier molecular flexibility index (Phi) is 5.52. The molecule has 120 valence electrons. The van der Waals surface area contributed by atoms with Gasteiger partial charge in [-0.2, -0.15) is 0 Å². The van der Waals surface area contributed by atoms with Crippen molar-refractivity contribution in [3.05, 3.63) is 35.6 Å². The van der Waals surface area contributed by atoms with Gasteiger partial charge in [-0.15, -0.1) is 0 Å². The van der Waals surface area contributed by atoms with Gasteiger partial charge < -0.3 is 10.2 Å². The number of unbranched alkanes of at least 4 members (excludes halogenated alkanes) is 1. The molecule has 4 nitrogen and oxygen atoms in total. The van der Waals surface area contributed by atoms with E-state index in [2.05, 4.69) is 12.2 Å². The molecule has 2 unspecified atom stereocenters. The zero-order valence-corrected chi connectivity index (χ0v) is 13.1. The van der Waals surface area contributed by atoms with E-state index in [4.69, 9.17) is 0 Å². The van der Waals surface area contributed by atoms with Crippen LogP contribution < -0.4 is 5.32 Å². The summed E-state index contributed by atoms with van der Waals surface area (Å²) >= 11 is 0. The number of nitrogens with one attached hydrogen (secondary N) is 1. The molecule has 0 aliphatic heterocycles. The highest BCUT2D eigenvalue weighted by Gasteiger charge is 2.48. The molecule has 0 spiro atoms. The summed E-state index contributed by atoms with van der Waals surface area (Å²) in [6.45, 7) is 2.97. The molecule has 2 rings (SSSR count). The van der Waals surface area contributed by atoms with Crippen LogP contribution in [0.15, 0.2) is 24.3 Å². The molecule has 1 fully saturated rings. The standard InChI is InChI=1S/C17H23FN2O2/c1-3-4-9-20(2)17(22)14-10-13(14)16(21)19-11-12-7-5-6-8-15(12)18/h5-8,13-14H,3-4,9-11H2,1-2H3,(H,19,21). The predicted molar refractivity (Wildman–Crippen MR) is 82.4 cm³/mol. The van der Waals surface area contributed by atoms with Gasteiger partial charge in [-0.05, 0) is 18.9 Å². The Morgan fingerprint density at radius 1 is 1.32 bits per heavy atom. The third kappa shape index (κ3) is 4.06. The first-order valence-electron chi connectivity index (χ1n) is 7.80. The number of benzene rings is 1. The van der Waals surface area contributed by atoms with Crippen molar-refractivity contribution >= 4 is 11.8 Å². The molecule has 1 aliphatic carbocycles. The maximum atomic E-state index is 13.5. The highest BCUT2D eigenvalue weighted by molar-refractivity contribution is 5.92. The normalized spacial score (nSPS) is 19.6. The van der Waals surface area contributed by atoms with Crippen LogP contribution in [0.1, 0.15) is 31.7 Å². The average Bonchev–Trinajstić information content (AvgIpc) is 3.31. The second-order valence-electron chi connectivity index (χ2n) is 5.87. The number of hydrogen-bond donors (Lipinski definition) is 1. The zero-order chi connectivity index (χ0) is 16.1. The highest BCUT2D eigenvalue weighted by atomic mass is 19.1. The lowest BCUT2D eigenvalue weighted by Crippen LogP contribution is -2.32. The van der Waals surface area contributed by atoms with Crippen molar-refractivity contribution in [3.63, 3.8) is 0 Å². The summed E-state index contributed by atoms with van der Waals surface area (Å²) in [4.78, 5) is 25.9. The van der Waals surface area contributed by atoms with Crippen molar-refractivity contribution in [3.8, 4) is 0 Å². The fourth-order valence-electron chi connectivity index (χ4n) is 2.50. The van der Waals surface area contributed by atoms with E-state index >= 15 is 0 Å². The minimum Gasteiger partial charge on any atom is -0.352 e. The molecule has 1 N–H and O–H groups in total. The van der Waals surface area contributed by atoms with E-state index in [-0.39, 0.29) is 36.0 Å². The molecule has 0 heterocycles. The fourth-order valence-corrected chi connectivity index (χ4v) is 2.50. The SMILES string of the molecule is CCCCN(C)C(=O)C1CC1C(=O)NCc1ccccc1F. The topological polar surface area (TPSA) is 49.4 Å². The number of carbonyl (C=O) groups excluding carboxylic acids is 2. The van der Waals surface area contributed by atoms with Gasteiger partial charge in [-0.3, -0.25) is 9.59 Å². The molecule has 0 saturated heterocycles. The van der Waals surface area contributed by atoms with Crippen LogP contribution in [-0.2, 0) is 16.1 Å². The van der Waals surface area contributed by atoms with Gasteiger partial charge in [0.25, 0.3) is 0 Å². The Labute approximate surface area is 130 Å². The smallest absolute Gasteiger partial charge is 0.226 e. The lowest BCUT2D eigenvalue weighted by Gasteiger charge is -2.16. The summed E-state index contributed by atoms with van der Waals surface area (Å²) in [5.74, 6) is -0.915. The van der Waals surface area contributed by atoms with Crippen molar-refractivity contribution in [2.24, 2.45) is 11.8 Å². The first-order chi connectivity index (χ1) is 10.5. The van der Waals surface area contributed by atoms with Gasteiger partial charge in [0.2, 0.25) is 11.8 Å². The van der Waals surface area contributed by atoms with Crippen LogP contribution in [-0.4, -0.2) is 30.3 Å². The number of nitrogens with zero attached hydrogens (tertiary/aromatic N) is 1. The van der Waals surface area contributed by atoms with E-state index in [1.165, 1.54) is 6.07 Å². The van der Waals surface area contributed by atoms with Crippen molar-refractivity contribution in [2.45, 2.75) is 32.7 Å². The molecule has 22 heavy (non-hydrogen) atoms. The molecule has 5 heteroatoms. The fraction of sp³-hybridized carbons (Fsp3) is 0.529. The largest absolute Gasteiger partial charge is 0.352 e. The monoisotopic (exact) mass is 306 g/mol. The molecule has 0 aromatic heterocycles. The Morgan fingerprint density at radius 3 is 2.73 bits per heavy atom. The van der Waals surface area contributed by atoms with E-state index < -0.39 is 0 Å². The van der Waals surface area contributed by atoms with Crippen molar-refractivity contribution in [1.29, 1.82) is 0 Å². The summed E-state index contributed by atoms with van der Waals surface area (Å²) in [6, 6.07) is 6.36. The minimum atomic E-state index is -0.328. The van der Waals surface area contributed by atoms with Crippen LogP contribution in [0.3, 0.4) is 0 Å². The molecule has 1 saturated carbocycles. The molecule has 2 atom stereocenters. The van der Waals surface area contributed by atoms with Crippen LogP contribution in [0.5, 0.6) is 0 Å². The van der Waals surface area contributed by atoms with Crippen molar-refractivity contribution < 1.29 is 14.0 Å². The second-order valence-corrected chi connectivity index (χ2v) is 5.87. The van der Waals surface area contributed by atoms with Crippen molar-refractivity contribution in [2.75, 3.05) is 13.6 Å². The van der Waals surface area contributed by atoms with Crippen LogP contribution in [0.2, 0.25) is 0 Å². The van der Waals surface area contributed by atoms with Crippen molar-refractivity contribution in [1.82, 2.24) is 10.2 Å². The van der Waals surface area contributed by atoms with Gasteiger partial charge in [0.1, 0.15) is 5.82 Å². The molecule has 1 aromatic rings. The van der Waals surface area contributed by atoms with Crippen LogP contribution >= 0.6 is 0 Å². The van der Waals surface area contributed by atoms with Crippen LogP contribution in [0.4, 0.5) is 4.39 Å². The van der Waals surface area contributed by atoms with Crippen LogP contribution in [0.25, 0.3) is 0 Å². The van der Waals surface area contributed by atoms with Gasteiger partial charge in [0.05, 0.1) is 11.8 Å². The average molecular weight is 306 g/mol. The van der Waals surface area contributed by atoms with E-state index in [0.29, 0.717) is 12.0 Å². The number of carbonyl (C=O) groups is 2. The molecular weight excluding hydrogens is 283 g/mol. The van der Waals surface area contributed by atoms with Gasteiger partial charge in [-0.1, -0.05) is 31.5 Å². The number of halogens is 1. The molecule has 1 aliphatic rings. The Hall–Kier alpha value is -1.91. The lowest BCUT2D eigenvalue weighted by atomic mass is 10.2. The summed E-state index contributed by atoms with van der Waals surface area (Å²) in [5.41, 5.74) is 0.458. The molecule has 2 amide bonds. The predicted octanol–water partition coefficient (Wildman–Crippen LogP) is 2.34. The maximum absolute atomic E-state index is 13.5. The van der Waals surface area contributed by atoms with Gasteiger partial charge in [0, 0.05) is 25.7 Å². The van der Waals surface area contributed by atoms with Gasteiger partial charge >= 0.3 is 0 Å². The Balaban J connectivity index is 1.78. The van der Waals surface area contributed by atoms with E-state index in [9.17, 15) is 14.0 Å². The summed E-state index contributed by atoms with van der Waals surface area (Å²) < 4.78 is 13.5.